The molecule has 1 aliphatic rings. The Morgan fingerprint density at radius 1 is 1.50 bits per heavy atom. The normalized spacial score (nSPS) is 21.5. The third-order valence-electron chi connectivity index (χ3n) is 2.07. The van der Waals surface area contributed by atoms with Gasteiger partial charge in [-0.1, -0.05) is 0 Å². The Bertz CT molecular complexity index is 302. The summed E-state index contributed by atoms with van der Waals surface area (Å²) in [6.07, 6.45) is 7.87. The van der Waals surface area contributed by atoms with Gasteiger partial charge in [0.25, 0.3) is 0 Å². The SMILES string of the molecule is CN1C=CNC1c1nccn1C. The van der Waals surface area contributed by atoms with E-state index in [2.05, 4.69) is 15.2 Å². The molecule has 1 aromatic rings. The zero-order chi connectivity index (χ0) is 8.55. The van der Waals surface area contributed by atoms with Gasteiger partial charge in [0, 0.05) is 38.9 Å². The largest absolute Gasteiger partial charge is 0.364 e. The zero-order valence-electron chi connectivity index (χ0n) is 7.23. The van der Waals surface area contributed by atoms with Crippen molar-refractivity contribution in [3.63, 3.8) is 0 Å². The van der Waals surface area contributed by atoms with Crippen molar-refractivity contribution in [3.05, 3.63) is 30.6 Å². The van der Waals surface area contributed by atoms with Gasteiger partial charge in [-0.3, -0.25) is 0 Å². The zero-order valence-corrected chi connectivity index (χ0v) is 7.23. The van der Waals surface area contributed by atoms with E-state index >= 15 is 0 Å². The lowest BCUT2D eigenvalue weighted by molar-refractivity contribution is 0.319. The van der Waals surface area contributed by atoms with Crippen LogP contribution >= 0.6 is 0 Å². The van der Waals surface area contributed by atoms with Gasteiger partial charge in [0.2, 0.25) is 0 Å². The van der Waals surface area contributed by atoms with E-state index < -0.39 is 0 Å². The van der Waals surface area contributed by atoms with Crippen molar-refractivity contribution in [1.82, 2.24) is 19.8 Å². The first-order valence-electron chi connectivity index (χ1n) is 3.91. The average molecular weight is 164 g/mol. The van der Waals surface area contributed by atoms with Gasteiger partial charge in [-0.15, -0.1) is 0 Å². The molecule has 4 nitrogen and oxygen atoms in total. The second kappa shape index (κ2) is 2.55. The van der Waals surface area contributed by atoms with Gasteiger partial charge in [-0.05, 0) is 0 Å². The van der Waals surface area contributed by atoms with Crippen molar-refractivity contribution >= 4 is 0 Å². The van der Waals surface area contributed by atoms with Crippen LogP contribution in [-0.4, -0.2) is 21.5 Å². The molecule has 0 spiro atoms. The molecule has 12 heavy (non-hydrogen) atoms. The van der Waals surface area contributed by atoms with E-state index in [1.54, 1.807) is 0 Å². The van der Waals surface area contributed by atoms with Crippen LogP contribution in [0.15, 0.2) is 24.8 Å². The molecule has 1 unspecified atom stereocenters. The topological polar surface area (TPSA) is 33.1 Å². The number of aromatic nitrogens is 2. The first kappa shape index (κ1) is 7.21. The van der Waals surface area contributed by atoms with Gasteiger partial charge in [0.15, 0.2) is 12.0 Å². The molecule has 0 aliphatic carbocycles. The van der Waals surface area contributed by atoms with E-state index in [1.165, 1.54) is 0 Å². The Kier molecular flexibility index (Phi) is 1.53. The second-order valence-corrected chi connectivity index (χ2v) is 2.95. The Balaban J connectivity index is 2.26. The van der Waals surface area contributed by atoms with Crippen LogP contribution in [0.25, 0.3) is 0 Å². The minimum Gasteiger partial charge on any atom is -0.364 e. The van der Waals surface area contributed by atoms with Gasteiger partial charge in [-0.2, -0.15) is 0 Å². The van der Waals surface area contributed by atoms with Crippen LogP contribution in [-0.2, 0) is 7.05 Å². The lowest BCUT2D eigenvalue weighted by Crippen LogP contribution is -2.26. The minimum atomic E-state index is 0.185. The molecule has 0 saturated heterocycles. The molecule has 0 saturated carbocycles. The Labute approximate surface area is 71.5 Å². The van der Waals surface area contributed by atoms with E-state index in [0.717, 1.165) is 5.82 Å². The molecule has 0 radical (unpaired) electrons. The number of rotatable bonds is 1. The van der Waals surface area contributed by atoms with Crippen molar-refractivity contribution in [2.45, 2.75) is 6.17 Å². The summed E-state index contributed by atoms with van der Waals surface area (Å²) in [7, 11) is 4.02. The van der Waals surface area contributed by atoms with E-state index in [1.807, 2.05) is 43.5 Å². The molecule has 1 N–H and O–H groups in total. The molecule has 0 bridgehead atoms. The molecule has 2 rings (SSSR count). The van der Waals surface area contributed by atoms with E-state index in [-0.39, 0.29) is 6.17 Å². The fourth-order valence-electron chi connectivity index (χ4n) is 1.35. The van der Waals surface area contributed by atoms with Crippen LogP contribution in [0.5, 0.6) is 0 Å². The minimum absolute atomic E-state index is 0.185. The highest BCUT2D eigenvalue weighted by molar-refractivity contribution is 5.05. The summed E-state index contributed by atoms with van der Waals surface area (Å²) >= 11 is 0. The van der Waals surface area contributed by atoms with E-state index in [4.69, 9.17) is 0 Å². The van der Waals surface area contributed by atoms with Crippen molar-refractivity contribution in [2.24, 2.45) is 7.05 Å². The molecule has 1 atom stereocenters. The molecular formula is C8H12N4. The highest BCUT2D eigenvalue weighted by atomic mass is 15.3. The number of nitrogens with zero attached hydrogens (tertiary/aromatic N) is 3. The third kappa shape index (κ3) is 0.958. The molecule has 64 valence electrons. The summed E-state index contributed by atoms with van der Waals surface area (Å²) in [6, 6.07) is 0. The van der Waals surface area contributed by atoms with Crippen LogP contribution < -0.4 is 5.32 Å². The van der Waals surface area contributed by atoms with Crippen LogP contribution in [0, 0.1) is 0 Å². The fourth-order valence-corrected chi connectivity index (χ4v) is 1.35. The maximum atomic E-state index is 4.27. The number of aryl methyl sites for hydroxylation is 1. The summed E-state index contributed by atoms with van der Waals surface area (Å²) in [5.74, 6) is 1.03. The molecule has 2 heterocycles. The lowest BCUT2D eigenvalue weighted by Gasteiger charge is -2.20. The van der Waals surface area contributed by atoms with Crippen LogP contribution in [0.4, 0.5) is 0 Å². The highest BCUT2D eigenvalue weighted by Gasteiger charge is 2.20. The molecule has 1 aromatic heterocycles. The van der Waals surface area contributed by atoms with Crippen LogP contribution in [0.1, 0.15) is 12.0 Å². The summed E-state index contributed by atoms with van der Waals surface area (Å²) in [4.78, 5) is 6.35. The Hall–Kier alpha value is -1.45. The van der Waals surface area contributed by atoms with Crippen molar-refractivity contribution in [1.29, 1.82) is 0 Å². The molecule has 0 amide bonds. The number of imidazole rings is 1. The lowest BCUT2D eigenvalue weighted by atomic mass is 10.4. The van der Waals surface area contributed by atoms with Gasteiger partial charge in [0.1, 0.15) is 0 Å². The molecule has 0 fully saturated rings. The standard InChI is InChI=1S/C8H12N4/c1-11-5-3-9-7(11)8-10-4-6-12(8)2/h3-7,9H,1-2H3. The van der Waals surface area contributed by atoms with Crippen molar-refractivity contribution in [3.8, 4) is 0 Å². The Morgan fingerprint density at radius 2 is 2.33 bits per heavy atom. The van der Waals surface area contributed by atoms with Gasteiger partial charge in [-0.25, -0.2) is 4.98 Å². The van der Waals surface area contributed by atoms with E-state index in [0.29, 0.717) is 0 Å². The number of hydrogen-bond acceptors (Lipinski definition) is 3. The summed E-state index contributed by atoms with van der Waals surface area (Å²) < 4.78 is 2.02. The van der Waals surface area contributed by atoms with Crippen molar-refractivity contribution < 1.29 is 0 Å². The van der Waals surface area contributed by atoms with Gasteiger partial charge in [0.05, 0.1) is 0 Å². The first-order chi connectivity index (χ1) is 5.79. The number of nitrogens with one attached hydrogen (secondary N) is 1. The third-order valence-corrected chi connectivity index (χ3v) is 2.07. The summed E-state index contributed by atoms with van der Waals surface area (Å²) in [5.41, 5.74) is 0. The highest BCUT2D eigenvalue weighted by Crippen LogP contribution is 2.17. The smallest absolute Gasteiger partial charge is 0.158 e. The van der Waals surface area contributed by atoms with Crippen molar-refractivity contribution in [2.75, 3.05) is 7.05 Å². The van der Waals surface area contributed by atoms with Crippen LogP contribution in [0.3, 0.4) is 0 Å². The predicted octanol–water partition coefficient (Wildman–Crippen LogP) is 0.425. The first-order valence-corrected chi connectivity index (χ1v) is 3.91. The summed E-state index contributed by atoms with van der Waals surface area (Å²) in [5, 5.41) is 3.21. The van der Waals surface area contributed by atoms with Crippen LogP contribution in [0.2, 0.25) is 0 Å². The quantitative estimate of drug-likeness (QED) is 0.653. The van der Waals surface area contributed by atoms with Gasteiger partial charge >= 0.3 is 0 Å². The van der Waals surface area contributed by atoms with Gasteiger partial charge < -0.3 is 14.8 Å². The fraction of sp³-hybridized carbons (Fsp3) is 0.375. The second-order valence-electron chi connectivity index (χ2n) is 2.95. The molecule has 4 heteroatoms. The van der Waals surface area contributed by atoms with E-state index in [9.17, 15) is 0 Å². The Morgan fingerprint density at radius 3 is 2.83 bits per heavy atom. The monoisotopic (exact) mass is 164 g/mol. The molecule has 0 aromatic carbocycles. The predicted molar refractivity (Wildman–Crippen MR) is 46.0 cm³/mol. The number of hydrogen-bond donors (Lipinski definition) is 1. The molecule has 1 aliphatic heterocycles. The molecular weight excluding hydrogens is 152 g/mol. The average Bonchev–Trinajstić information content (AvgIpc) is 2.59. The summed E-state index contributed by atoms with van der Waals surface area (Å²) in [6.45, 7) is 0. The maximum absolute atomic E-state index is 4.27. The maximum Gasteiger partial charge on any atom is 0.158 e.